The van der Waals surface area contributed by atoms with Crippen LogP contribution in [0, 0.1) is 0 Å². The number of thiocarbonyl (C=S) groups is 1. The second-order valence-electron chi connectivity index (χ2n) is 4.82. The molecule has 0 heterocycles. The molecule has 0 aromatic heterocycles. The molecular weight excluding hydrogens is 304 g/mol. The molecule has 23 heavy (non-hydrogen) atoms. The molecule has 0 fully saturated rings. The van der Waals surface area contributed by atoms with Crippen LogP contribution in [-0.2, 0) is 11.2 Å². The summed E-state index contributed by atoms with van der Waals surface area (Å²) >= 11 is 5.27. The van der Waals surface area contributed by atoms with Crippen molar-refractivity contribution in [3.05, 3.63) is 66.2 Å². The zero-order valence-corrected chi connectivity index (χ0v) is 14.7. The molecule has 0 aliphatic rings. The van der Waals surface area contributed by atoms with Gasteiger partial charge < -0.3 is 10.6 Å². The lowest BCUT2D eigenvalue weighted by Gasteiger charge is -2.18. The number of hydrogen-bond donors (Lipinski definition) is 2. The molecule has 1 atom stereocenters. The lowest BCUT2D eigenvalue weighted by molar-refractivity contribution is -0.118. The molecule has 0 amide bonds. The molecule has 0 saturated carbocycles. The fourth-order valence-corrected chi connectivity index (χ4v) is 2.25. The first-order valence-electron chi connectivity index (χ1n) is 7.82. The molecule has 2 N–H and O–H groups in total. The molecular formula is C19H24N2OS. The van der Waals surface area contributed by atoms with Crippen LogP contribution in [0.1, 0.15) is 26.3 Å². The summed E-state index contributed by atoms with van der Waals surface area (Å²) in [7, 11) is 0. The quantitative estimate of drug-likeness (QED) is 0.807. The molecule has 2 aromatic rings. The topological polar surface area (TPSA) is 41.1 Å². The SMILES string of the molecule is CC.CC(=O)[C@H](Cc1ccccc1)NC(=S)Nc1ccccc1. The summed E-state index contributed by atoms with van der Waals surface area (Å²) in [6, 6.07) is 19.2. The number of carbonyl (C=O) groups excluding carboxylic acids is 1. The van der Waals surface area contributed by atoms with Gasteiger partial charge in [0.05, 0.1) is 6.04 Å². The van der Waals surface area contributed by atoms with Gasteiger partial charge in [-0.1, -0.05) is 62.4 Å². The molecule has 0 bridgehead atoms. The zero-order valence-electron chi connectivity index (χ0n) is 13.9. The lowest BCUT2D eigenvalue weighted by atomic mass is 10.0. The molecule has 4 heteroatoms. The van der Waals surface area contributed by atoms with E-state index in [4.69, 9.17) is 12.2 Å². The van der Waals surface area contributed by atoms with Crippen molar-refractivity contribution in [1.82, 2.24) is 5.32 Å². The fourth-order valence-electron chi connectivity index (χ4n) is 1.99. The first kappa shape index (κ1) is 18.8. The van der Waals surface area contributed by atoms with E-state index < -0.39 is 0 Å². The third kappa shape index (κ3) is 7.06. The Bertz CT molecular complexity index is 599. The normalized spacial score (nSPS) is 10.7. The fraction of sp³-hybridized carbons (Fsp3) is 0.263. The van der Waals surface area contributed by atoms with Crippen LogP contribution < -0.4 is 10.6 Å². The minimum atomic E-state index is -0.323. The standard InChI is InChI=1S/C17H18N2OS.C2H6/c1-13(20)16(12-14-8-4-2-5-9-14)19-17(21)18-15-10-6-3-7-11-15;1-2/h2-11,16H,12H2,1H3,(H2,18,19,21);1-2H3/t16-;/m0./s1. The second kappa shape index (κ2) is 10.5. The van der Waals surface area contributed by atoms with Gasteiger partial charge in [0.15, 0.2) is 10.9 Å². The molecule has 0 saturated heterocycles. The monoisotopic (exact) mass is 328 g/mol. The van der Waals surface area contributed by atoms with Gasteiger partial charge in [-0.05, 0) is 43.3 Å². The Labute approximate surface area is 144 Å². The Morgan fingerprint density at radius 3 is 2.04 bits per heavy atom. The van der Waals surface area contributed by atoms with E-state index in [1.165, 1.54) is 0 Å². The van der Waals surface area contributed by atoms with Crippen molar-refractivity contribution < 1.29 is 4.79 Å². The van der Waals surface area contributed by atoms with E-state index in [0.717, 1.165) is 11.3 Å². The van der Waals surface area contributed by atoms with Crippen molar-refractivity contribution >= 4 is 28.8 Å². The largest absolute Gasteiger partial charge is 0.352 e. The first-order chi connectivity index (χ1) is 11.1. The number of Topliss-reactive ketones (excluding diaryl/α,β-unsaturated/α-hetero) is 1. The van der Waals surface area contributed by atoms with Crippen molar-refractivity contribution in [2.75, 3.05) is 5.32 Å². The highest BCUT2D eigenvalue weighted by Gasteiger charge is 2.15. The van der Waals surface area contributed by atoms with Crippen LogP contribution in [-0.4, -0.2) is 16.9 Å². The van der Waals surface area contributed by atoms with Gasteiger partial charge in [0.2, 0.25) is 0 Å². The highest BCUT2D eigenvalue weighted by atomic mass is 32.1. The average Bonchev–Trinajstić information content (AvgIpc) is 2.58. The van der Waals surface area contributed by atoms with E-state index in [1.54, 1.807) is 6.92 Å². The molecule has 0 aliphatic carbocycles. The Morgan fingerprint density at radius 1 is 1.00 bits per heavy atom. The maximum absolute atomic E-state index is 11.8. The molecule has 2 rings (SSSR count). The van der Waals surface area contributed by atoms with Gasteiger partial charge in [-0.15, -0.1) is 0 Å². The second-order valence-corrected chi connectivity index (χ2v) is 5.23. The molecule has 0 aliphatic heterocycles. The van der Waals surface area contributed by atoms with Crippen LogP contribution in [0.3, 0.4) is 0 Å². The number of nitrogens with one attached hydrogen (secondary N) is 2. The average molecular weight is 328 g/mol. The maximum Gasteiger partial charge on any atom is 0.171 e. The molecule has 0 radical (unpaired) electrons. The summed E-state index contributed by atoms with van der Waals surface area (Å²) in [6.45, 7) is 5.58. The minimum Gasteiger partial charge on any atom is -0.352 e. The van der Waals surface area contributed by atoms with Gasteiger partial charge in [0.1, 0.15) is 0 Å². The number of anilines is 1. The minimum absolute atomic E-state index is 0.0658. The predicted molar refractivity (Wildman–Crippen MR) is 102 cm³/mol. The van der Waals surface area contributed by atoms with Gasteiger partial charge in [-0.3, -0.25) is 4.79 Å². The number of benzene rings is 2. The number of hydrogen-bond acceptors (Lipinski definition) is 2. The summed E-state index contributed by atoms with van der Waals surface area (Å²) in [5.41, 5.74) is 2.00. The maximum atomic E-state index is 11.8. The Hall–Kier alpha value is -2.20. The Balaban J connectivity index is 0.00000127. The van der Waals surface area contributed by atoms with Crippen molar-refractivity contribution in [1.29, 1.82) is 0 Å². The summed E-state index contributed by atoms with van der Waals surface area (Å²) < 4.78 is 0. The predicted octanol–water partition coefficient (Wildman–Crippen LogP) is 4.20. The van der Waals surface area contributed by atoms with E-state index in [2.05, 4.69) is 10.6 Å². The number of carbonyl (C=O) groups is 1. The van der Waals surface area contributed by atoms with Gasteiger partial charge in [-0.2, -0.15) is 0 Å². The Kier molecular flexibility index (Phi) is 8.62. The Morgan fingerprint density at radius 2 is 1.52 bits per heavy atom. The third-order valence-corrected chi connectivity index (χ3v) is 3.33. The van der Waals surface area contributed by atoms with Crippen LogP contribution in [0.2, 0.25) is 0 Å². The summed E-state index contributed by atoms with van der Waals surface area (Å²) in [6.07, 6.45) is 0.618. The van der Waals surface area contributed by atoms with Crippen LogP contribution in [0.4, 0.5) is 5.69 Å². The van der Waals surface area contributed by atoms with E-state index in [0.29, 0.717) is 11.5 Å². The highest BCUT2D eigenvalue weighted by molar-refractivity contribution is 7.80. The van der Waals surface area contributed by atoms with Crippen LogP contribution in [0.25, 0.3) is 0 Å². The van der Waals surface area contributed by atoms with E-state index in [1.807, 2.05) is 74.5 Å². The highest BCUT2D eigenvalue weighted by Crippen LogP contribution is 2.07. The summed E-state index contributed by atoms with van der Waals surface area (Å²) in [5, 5.41) is 6.62. The molecule has 2 aromatic carbocycles. The van der Waals surface area contributed by atoms with Gasteiger partial charge in [-0.25, -0.2) is 0 Å². The molecule has 0 unspecified atom stereocenters. The lowest BCUT2D eigenvalue weighted by Crippen LogP contribution is -2.43. The summed E-state index contributed by atoms with van der Waals surface area (Å²) in [4.78, 5) is 11.8. The van der Waals surface area contributed by atoms with Gasteiger partial charge >= 0.3 is 0 Å². The molecule has 0 spiro atoms. The van der Waals surface area contributed by atoms with E-state index in [9.17, 15) is 4.79 Å². The molecule has 3 nitrogen and oxygen atoms in total. The van der Waals surface area contributed by atoms with Gasteiger partial charge in [0.25, 0.3) is 0 Å². The van der Waals surface area contributed by atoms with E-state index >= 15 is 0 Å². The number of rotatable bonds is 5. The van der Waals surface area contributed by atoms with E-state index in [-0.39, 0.29) is 11.8 Å². The smallest absolute Gasteiger partial charge is 0.171 e. The van der Waals surface area contributed by atoms with Crippen LogP contribution in [0.5, 0.6) is 0 Å². The molecule has 122 valence electrons. The number of ketones is 1. The van der Waals surface area contributed by atoms with Crippen molar-refractivity contribution in [3.63, 3.8) is 0 Å². The van der Waals surface area contributed by atoms with Gasteiger partial charge in [0, 0.05) is 5.69 Å². The third-order valence-electron chi connectivity index (χ3n) is 3.11. The van der Waals surface area contributed by atoms with Crippen molar-refractivity contribution in [2.45, 2.75) is 33.2 Å². The van der Waals surface area contributed by atoms with Crippen LogP contribution in [0.15, 0.2) is 60.7 Å². The summed E-state index contributed by atoms with van der Waals surface area (Å²) in [5.74, 6) is 0.0658. The zero-order chi connectivity index (χ0) is 17.1. The van der Waals surface area contributed by atoms with Crippen molar-refractivity contribution in [2.24, 2.45) is 0 Å². The first-order valence-corrected chi connectivity index (χ1v) is 8.23. The number of para-hydroxylation sites is 1. The van der Waals surface area contributed by atoms with Crippen molar-refractivity contribution in [3.8, 4) is 0 Å². The van der Waals surface area contributed by atoms with Crippen LogP contribution >= 0.6 is 12.2 Å².